The molecule has 1 rings (SSSR count). The van der Waals surface area contributed by atoms with Crippen LogP contribution in [0.5, 0.6) is 5.75 Å². The summed E-state index contributed by atoms with van der Waals surface area (Å²) in [5, 5.41) is 2.84. The van der Waals surface area contributed by atoms with Gasteiger partial charge in [-0.15, -0.1) is 0 Å². The molecule has 0 unspecified atom stereocenters. The van der Waals surface area contributed by atoms with E-state index in [4.69, 9.17) is 4.74 Å². The van der Waals surface area contributed by atoms with Crippen molar-refractivity contribution in [2.24, 2.45) is 0 Å². The highest BCUT2D eigenvalue weighted by Gasteiger charge is 2.07. The van der Waals surface area contributed by atoms with Gasteiger partial charge in [-0.25, -0.2) is 0 Å². The summed E-state index contributed by atoms with van der Waals surface area (Å²) in [6.07, 6.45) is 1.32. The number of ether oxygens (including phenoxy) is 1. The Bertz CT molecular complexity index is 366. The van der Waals surface area contributed by atoms with Gasteiger partial charge in [-0.2, -0.15) is 0 Å². The number of nitrogens with one attached hydrogen (secondary N) is 1. The van der Waals surface area contributed by atoms with E-state index in [1.165, 1.54) is 0 Å². The van der Waals surface area contributed by atoms with Gasteiger partial charge in [0.15, 0.2) is 0 Å². The summed E-state index contributed by atoms with van der Waals surface area (Å²) in [4.78, 5) is 11.6. The van der Waals surface area contributed by atoms with Crippen LogP contribution < -0.4 is 10.1 Å². The molecule has 0 fully saturated rings. The van der Waals surface area contributed by atoms with E-state index in [0.717, 1.165) is 28.8 Å². The second-order valence-electron chi connectivity index (χ2n) is 3.48. The Morgan fingerprint density at radius 1 is 1.50 bits per heavy atom. The standard InChI is InChI=1S/C12H16BrNO2/c1-3-6-14-12(15)8-9-7-10(16-2)4-5-11(9)13/h4-5,7H,3,6,8H2,1-2H3,(H,14,15). The highest BCUT2D eigenvalue weighted by Crippen LogP contribution is 2.22. The van der Waals surface area contributed by atoms with Gasteiger partial charge in [-0.1, -0.05) is 22.9 Å². The van der Waals surface area contributed by atoms with Crippen LogP contribution in [0.2, 0.25) is 0 Å². The minimum absolute atomic E-state index is 0.0378. The molecule has 3 nitrogen and oxygen atoms in total. The number of hydrogen-bond acceptors (Lipinski definition) is 2. The van der Waals surface area contributed by atoms with Gasteiger partial charge < -0.3 is 10.1 Å². The maximum atomic E-state index is 11.6. The van der Waals surface area contributed by atoms with Crippen LogP contribution in [0.4, 0.5) is 0 Å². The zero-order valence-electron chi connectivity index (χ0n) is 9.55. The molecule has 4 heteroatoms. The molecule has 0 aromatic heterocycles. The molecule has 1 N–H and O–H groups in total. The van der Waals surface area contributed by atoms with E-state index >= 15 is 0 Å². The summed E-state index contributed by atoms with van der Waals surface area (Å²) in [6, 6.07) is 5.62. The second kappa shape index (κ2) is 6.53. The fourth-order valence-electron chi connectivity index (χ4n) is 1.31. The van der Waals surface area contributed by atoms with Crippen molar-refractivity contribution in [2.75, 3.05) is 13.7 Å². The minimum Gasteiger partial charge on any atom is -0.497 e. The fourth-order valence-corrected chi connectivity index (χ4v) is 1.70. The first-order valence-corrected chi connectivity index (χ1v) is 6.05. The predicted octanol–water partition coefficient (Wildman–Crippen LogP) is 2.53. The van der Waals surface area contributed by atoms with Gasteiger partial charge in [-0.3, -0.25) is 4.79 Å². The number of carbonyl (C=O) groups excluding carboxylic acids is 1. The third-order valence-electron chi connectivity index (χ3n) is 2.18. The Morgan fingerprint density at radius 2 is 2.25 bits per heavy atom. The first-order valence-electron chi connectivity index (χ1n) is 5.26. The SMILES string of the molecule is CCCNC(=O)Cc1cc(OC)ccc1Br. The van der Waals surface area contributed by atoms with Gasteiger partial charge in [0, 0.05) is 11.0 Å². The Balaban J connectivity index is 2.68. The monoisotopic (exact) mass is 285 g/mol. The lowest BCUT2D eigenvalue weighted by Gasteiger charge is -2.07. The molecule has 0 radical (unpaired) electrons. The van der Waals surface area contributed by atoms with Crippen LogP contribution in [0.15, 0.2) is 22.7 Å². The van der Waals surface area contributed by atoms with E-state index in [9.17, 15) is 4.79 Å². The van der Waals surface area contributed by atoms with Crippen molar-refractivity contribution in [3.63, 3.8) is 0 Å². The number of rotatable bonds is 5. The first-order chi connectivity index (χ1) is 7.67. The van der Waals surface area contributed by atoms with E-state index in [1.807, 2.05) is 25.1 Å². The molecular weight excluding hydrogens is 270 g/mol. The molecule has 0 saturated carbocycles. The van der Waals surface area contributed by atoms with Crippen LogP contribution in [0, 0.1) is 0 Å². The predicted molar refractivity (Wildman–Crippen MR) is 67.7 cm³/mol. The van der Waals surface area contributed by atoms with Crippen LogP contribution in [0.1, 0.15) is 18.9 Å². The molecule has 0 aliphatic rings. The van der Waals surface area contributed by atoms with Gasteiger partial charge in [0.2, 0.25) is 5.91 Å². The molecule has 16 heavy (non-hydrogen) atoms. The third kappa shape index (κ3) is 3.85. The van der Waals surface area contributed by atoms with Crippen molar-refractivity contribution >= 4 is 21.8 Å². The van der Waals surface area contributed by atoms with Crippen LogP contribution in [0.25, 0.3) is 0 Å². The molecule has 0 saturated heterocycles. The molecular formula is C12H16BrNO2. The number of benzene rings is 1. The van der Waals surface area contributed by atoms with E-state index < -0.39 is 0 Å². The number of halogens is 1. The Kier molecular flexibility index (Phi) is 5.32. The van der Waals surface area contributed by atoms with Crippen molar-refractivity contribution in [1.82, 2.24) is 5.32 Å². The Hall–Kier alpha value is -1.03. The van der Waals surface area contributed by atoms with Gasteiger partial charge >= 0.3 is 0 Å². The van der Waals surface area contributed by atoms with Crippen LogP contribution >= 0.6 is 15.9 Å². The molecule has 1 amide bonds. The average molecular weight is 286 g/mol. The number of amides is 1. The number of carbonyl (C=O) groups is 1. The fraction of sp³-hybridized carbons (Fsp3) is 0.417. The highest BCUT2D eigenvalue weighted by molar-refractivity contribution is 9.10. The molecule has 0 spiro atoms. The lowest BCUT2D eigenvalue weighted by Crippen LogP contribution is -2.25. The zero-order valence-corrected chi connectivity index (χ0v) is 11.1. The molecule has 0 heterocycles. The van der Waals surface area contributed by atoms with Crippen molar-refractivity contribution < 1.29 is 9.53 Å². The van der Waals surface area contributed by atoms with Crippen LogP contribution in [-0.2, 0) is 11.2 Å². The largest absolute Gasteiger partial charge is 0.497 e. The zero-order chi connectivity index (χ0) is 12.0. The van der Waals surface area contributed by atoms with E-state index in [2.05, 4.69) is 21.2 Å². The van der Waals surface area contributed by atoms with Crippen molar-refractivity contribution in [2.45, 2.75) is 19.8 Å². The summed E-state index contributed by atoms with van der Waals surface area (Å²) in [7, 11) is 1.62. The summed E-state index contributed by atoms with van der Waals surface area (Å²) in [5.74, 6) is 0.803. The summed E-state index contributed by atoms with van der Waals surface area (Å²) in [6.45, 7) is 2.75. The normalized spacial score (nSPS) is 9.94. The molecule has 0 bridgehead atoms. The van der Waals surface area contributed by atoms with E-state index in [1.54, 1.807) is 7.11 Å². The molecule has 0 aliphatic carbocycles. The Morgan fingerprint density at radius 3 is 2.88 bits per heavy atom. The number of methoxy groups -OCH3 is 1. The van der Waals surface area contributed by atoms with Gasteiger partial charge in [-0.05, 0) is 30.2 Å². The Labute approximate surface area is 104 Å². The molecule has 1 aromatic rings. The van der Waals surface area contributed by atoms with E-state index in [-0.39, 0.29) is 5.91 Å². The quantitative estimate of drug-likeness (QED) is 0.903. The summed E-state index contributed by atoms with van der Waals surface area (Å²) >= 11 is 3.42. The van der Waals surface area contributed by atoms with E-state index in [0.29, 0.717) is 6.42 Å². The van der Waals surface area contributed by atoms with Crippen molar-refractivity contribution in [1.29, 1.82) is 0 Å². The van der Waals surface area contributed by atoms with Crippen molar-refractivity contribution in [3.8, 4) is 5.75 Å². The van der Waals surface area contributed by atoms with Gasteiger partial charge in [0.1, 0.15) is 5.75 Å². The van der Waals surface area contributed by atoms with Crippen LogP contribution in [-0.4, -0.2) is 19.6 Å². The first kappa shape index (κ1) is 13.0. The van der Waals surface area contributed by atoms with Crippen molar-refractivity contribution in [3.05, 3.63) is 28.2 Å². The smallest absolute Gasteiger partial charge is 0.224 e. The lowest BCUT2D eigenvalue weighted by atomic mass is 10.1. The maximum Gasteiger partial charge on any atom is 0.224 e. The summed E-state index contributed by atoms with van der Waals surface area (Å²) in [5.41, 5.74) is 0.938. The molecule has 0 atom stereocenters. The second-order valence-corrected chi connectivity index (χ2v) is 4.34. The molecule has 0 aliphatic heterocycles. The number of hydrogen-bond donors (Lipinski definition) is 1. The van der Waals surface area contributed by atoms with Gasteiger partial charge in [0.05, 0.1) is 13.5 Å². The van der Waals surface area contributed by atoms with Gasteiger partial charge in [0.25, 0.3) is 0 Å². The average Bonchev–Trinajstić information content (AvgIpc) is 2.29. The molecule has 1 aromatic carbocycles. The summed E-state index contributed by atoms with van der Waals surface area (Å²) < 4.78 is 6.05. The van der Waals surface area contributed by atoms with Crippen LogP contribution in [0.3, 0.4) is 0 Å². The maximum absolute atomic E-state index is 11.6. The lowest BCUT2D eigenvalue weighted by molar-refractivity contribution is -0.120. The highest BCUT2D eigenvalue weighted by atomic mass is 79.9. The molecule has 88 valence electrons. The topological polar surface area (TPSA) is 38.3 Å². The third-order valence-corrected chi connectivity index (χ3v) is 2.95. The minimum atomic E-state index is 0.0378.